The molecular formula is C12H13N3O3S. The largest absolute Gasteiger partial charge is 0.485 e. The molecule has 100 valence electrons. The first-order valence-electron chi connectivity index (χ1n) is 5.60. The van der Waals surface area contributed by atoms with E-state index in [2.05, 4.69) is 15.3 Å². The number of thiazole rings is 1. The van der Waals surface area contributed by atoms with Crippen molar-refractivity contribution in [1.29, 1.82) is 0 Å². The Morgan fingerprint density at radius 3 is 2.84 bits per heavy atom. The zero-order valence-electron chi connectivity index (χ0n) is 10.3. The van der Waals surface area contributed by atoms with Crippen molar-refractivity contribution in [2.24, 2.45) is 0 Å². The molecule has 0 saturated carbocycles. The number of nitrogens with one attached hydrogen (secondary N) is 1. The lowest BCUT2D eigenvalue weighted by atomic mass is 10.3. The molecule has 0 atom stereocenters. The molecule has 0 bridgehead atoms. The standard InChI is InChI=1S/C12H13N3O3S/c1-18-12-9(10(17)14-6-7-16)15-11(19-12)8-2-4-13-5-3-8/h2-5,16H,6-7H2,1H3,(H,14,17). The highest BCUT2D eigenvalue weighted by Crippen LogP contribution is 2.33. The Kier molecular flexibility index (Phi) is 4.43. The van der Waals surface area contributed by atoms with Crippen molar-refractivity contribution in [3.63, 3.8) is 0 Å². The number of hydrogen-bond acceptors (Lipinski definition) is 6. The van der Waals surface area contributed by atoms with Crippen LogP contribution >= 0.6 is 11.3 Å². The summed E-state index contributed by atoms with van der Waals surface area (Å²) < 4.78 is 5.17. The molecule has 0 fully saturated rings. The van der Waals surface area contributed by atoms with Gasteiger partial charge in [0.1, 0.15) is 5.01 Å². The molecule has 2 rings (SSSR count). The highest BCUT2D eigenvalue weighted by Gasteiger charge is 2.19. The molecule has 2 heterocycles. The summed E-state index contributed by atoms with van der Waals surface area (Å²) in [6.45, 7) is 0.0690. The van der Waals surface area contributed by atoms with E-state index in [1.165, 1.54) is 18.4 Å². The quantitative estimate of drug-likeness (QED) is 0.850. The fourth-order valence-electron chi connectivity index (χ4n) is 1.46. The average Bonchev–Trinajstić information content (AvgIpc) is 2.90. The second kappa shape index (κ2) is 6.26. The van der Waals surface area contributed by atoms with Crippen LogP contribution in [0.5, 0.6) is 5.06 Å². The van der Waals surface area contributed by atoms with Gasteiger partial charge >= 0.3 is 0 Å². The summed E-state index contributed by atoms with van der Waals surface area (Å²) in [5, 5.41) is 12.4. The van der Waals surface area contributed by atoms with Crippen LogP contribution in [0.1, 0.15) is 10.5 Å². The number of aromatic nitrogens is 2. The Morgan fingerprint density at radius 1 is 1.47 bits per heavy atom. The minimum atomic E-state index is -0.359. The van der Waals surface area contributed by atoms with Crippen LogP contribution in [-0.4, -0.2) is 41.2 Å². The fourth-order valence-corrected chi connectivity index (χ4v) is 2.34. The predicted molar refractivity (Wildman–Crippen MR) is 71.3 cm³/mol. The van der Waals surface area contributed by atoms with E-state index in [4.69, 9.17) is 9.84 Å². The molecular weight excluding hydrogens is 266 g/mol. The average molecular weight is 279 g/mol. The second-order valence-electron chi connectivity index (χ2n) is 3.57. The molecule has 19 heavy (non-hydrogen) atoms. The molecule has 0 radical (unpaired) electrons. The Bertz CT molecular complexity index is 557. The molecule has 0 aliphatic carbocycles. The molecule has 0 spiro atoms. The maximum Gasteiger partial charge on any atom is 0.274 e. The summed E-state index contributed by atoms with van der Waals surface area (Å²) in [5.41, 5.74) is 1.10. The maximum absolute atomic E-state index is 11.9. The molecule has 7 heteroatoms. The molecule has 0 saturated heterocycles. The van der Waals surface area contributed by atoms with Crippen molar-refractivity contribution in [3.05, 3.63) is 30.2 Å². The second-order valence-corrected chi connectivity index (χ2v) is 4.54. The molecule has 0 aromatic carbocycles. The first-order chi connectivity index (χ1) is 9.26. The van der Waals surface area contributed by atoms with E-state index in [1.54, 1.807) is 12.4 Å². The zero-order chi connectivity index (χ0) is 13.7. The van der Waals surface area contributed by atoms with Crippen LogP contribution in [0, 0.1) is 0 Å². The van der Waals surface area contributed by atoms with E-state index in [0.717, 1.165) is 5.56 Å². The van der Waals surface area contributed by atoms with Crippen molar-refractivity contribution in [2.75, 3.05) is 20.3 Å². The van der Waals surface area contributed by atoms with Crippen LogP contribution in [-0.2, 0) is 0 Å². The number of nitrogens with zero attached hydrogens (tertiary/aromatic N) is 2. The van der Waals surface area contributed by atoms with Crippen molar-refractivity contribution in [1.82, 2.24) is 15.3 Å². The highest BCUT2D eigenvalue weighted by atomic mass is 32.1. The number of hydrogen-bond donors (Lipinski definition) is 2. The lowest BCUT2D eigenvalue weighted by Gasteiger charge is -2.01. The van der Waals surface area contributed by atoms with Crippen molar-refractivity contribution in [2.45, 2.75) is 0 Å². The van der Waals surface area contributed by atoms with Crippen LogP contribution in [0.3, 0.4) is 0 Å². The number of carbonyl (C=O) groups is 1. The Labute approximate surface area is 114 Å². The molecule has 2 N–H and O–H groups in total. The fraction of sp³-hybridized carbons (Fsp3) is 0.250. The monoisotopic (exact) mass is 279 g/mol. The van der Waals surface area contributed by atoms with Gasteiger partial charge in [-0.3, -0.25) is 9.78 Å². The predicted octanol–water partition coefficient (Wildman–Crippen LogP) is 0.936. The summed E-state index contributed by atoms with van der Waals surface area (Å²) in [6.07, 6.45) is 3.32. The summed E-state index contributed by atoms with van der Waals surface area (Å²) in [6, 6.07) is 3.63. The van der Waals surface area contributed by atoms with Crippen LogP contribution in [0.15, 0.2) is 24.5 Å². The third-order valence-electron chi connectivity index (χ3n) is 2.32. The minimum absolute atomic E-state index is 0.116. The van der Waals surface area contributed by atoms with Gasteiger partial charge in [-0.05, 0) is 12.1 Å². The molecule has 0 aliphatic rings. The Morgan fingerprint density at radius 2 is 2.21 bits per heavy atom. The van der Waals surface area contributed by atoms with E-state index < -0.39 is 0 Å². The van der Waals surface area contributed by atoms with Gasteiger partial charge in [-0.25, -0.2) is 4.98 Å². The molecule has 2 aromatic rings. The van der Waals surface area contributed by atoms with Gasteiger partial charge in [0.05, 0.1) is 13.7 Å². The summed E-state index contributed by atoms with van der Waals surface area (Å²) in [4.78, 5) is 20.1. The van der Waals surface area contributed by atoms with Crippen LogP contribution in [0.2, 0.25) is 0 Å². The number of ether oxygens (including phenoxy) is 1. The Hall–Kier alpha value is -1.99. The number of amides is 1. The van der Waals surface area contributed by atoms with E-state index in [9.17, 15) is 4.79 Å². The summed E-state index contributed by atoms with van der Waals surface area (Å²) >= 11 is 1.29. The van der Waals surface area contributed by atoms with E-state index in [1.807, 2.05) is 12.1 Å². The van der Waals surface area contributed by atoms with Crippen LogP contribution in [0.25, 0.3) is 10.6 Å². The maximum atomic E-state index is 11.9. The number of carbonyl (C=O) groups excluding carboxylic acids is 1. The van der Waals surface area contributed by atoms with Gasteiger partial charge < -0.3 is 15.2 Å². The van der Waals surface area contributed by atoms with E-state index in [0.29, 0.717) is 10.1 Å². The summed E-state index contributed by atoms with van der Waals surface area (Å²) in [5.74, 6) is -0.359. The SMILES string of the molecule is COc1sc(-c2ccncc2)nc1C(=O)NCCO. The van der Waals surface area contributed by atoms with E-state index >= 15 is 0 Å². The van der Waals surface area contributed by atoms with Crippen molar-refractivity contribution < 1.29 is 14.6 Å². The van der Waals surface area contributed by atoms with Crippen LogP contribution < -0.4 is 10.1 Å². The zero-order valence-corrected chi connectivity index (χ0v) is 11.1. The van der Waals surface area contributed by atoms with Gasteiger partial charge in [-0.1, -0.05) is 11.3 Å². The highest BCUT2D eigenvalue weighted by molar-refractivity contribution is 7.17. The smallest absolute Gasteiger partial charge is 0.274 e. The number of methoxy groups -OCH3 is 1. The third kappa shape index (κ3) is 3.07. The molecule has 0 unspecified atom stereocenters. The molecule has 1 amide bonds. The molecule has 2 aromatic heterocycles. The molecule has 0 aliphatic heterocycles. The van der Waals surface area contributed by atoms with Gasteiger partial charge in [-0.15, -0.1) is 0 Å². The van der Waals surface area contributed by atoms with Gasteiger partial charge in [0.25, 0.3) is 5.91 Å². The van der Waals surface area contributed by atoms with Gasteiger partial charge in [0.2, 0.25) is 5.06 Å². The third-order valence-corrected chi connectivity index (χ3v) is 3.39. The lowest BCUT2D eigenvalue weighted by molar-refractivity contribution is 0.0937. The minimum Gasteiger partial charge on any atom is -0.485 e. The first-order valence-corrected chi connectivity index (χ1v) is 6.42. The summed E-state index contributed by atoms with van der Waals surface area (Å²) in [7, 11) is 1.49. The lowest BCUT2D eigenvalue weighted by Crippen LogP contribution is -2.26. The topological polar surface area (TPSA) is 84.3 Å². The van der Waals surface area contributed by atoms with Gasteiger partial charge in [-0.2, -0.15) is 0 Å². The van der Waals surface area contributed by atoms with Gasteiger partial charge in [0, 0.05) is 24.5 Å². The van der Waals surface area contributed by atoms with Crippen molar-refractivity contribution in [3.8, 4) is 15.6 Å². The van der Waals surface area contributed by atoms with E-state index in [-0.39, 0.29) is 24.8 Å². The number of rotatable bonds is 5. The Balaban J connectivity index is 2.30. The normalized spacial score (nSPS) is 10.2. The van der Waals surface area contributed by atoms with Crippen molar-refractivity contribution >= 4 is 17.2 Å². The van der Waals surface area contributed by atoms with Crippen LogP contribution in [0.4, 0.5) is 0 Å². The number of aliphatic hydroxyl groups excluding tert-OH is 1. The molecule has 6 nitrogen and oxygen atoms in total. The first kappa shape index (κ1) is 13.4. The van der Waals surface area contributed by atoms with Gasteiger partial charge in [0.15, 0.2) is 5.69 Å². The number of pyridine rings is 1. The number of aliphatic hydroxyl groups is 1.